The lowest BCUT2D eigenvalue weighted by Gasteiger charge is -2.17. The number of nitrogens with one attached hydrogen (secondary N) is 2. The number of alkyl halides is 3. The molecule has 9 heteroatoms. The monoisotopic (exact) mass is 439 g/mol. The van der Waals surface area contributed by atoms with Crippen molar-refractivity contribution in [3.8, 4) is 5.75 Å². The third-order valence-corrected chi connectivity index (χ3v) is 6.46. The van der Waals surface area contributed by atoms with Gasteiger partial charge in [-0.1, -0.05) is 0 Å². The Morgan fingerprint density at radius 2 is 2.03 bits per heavy atom. The number of anilines is 1. The van der Waals surface area contributed by atoms with Gasteiger partial charge < -0.3 is 15.4 Å². The molecule has 1 aromatic carbocycles. The van der Waals surface area contributed by atoms with E-state index in [4.69, 9.17) is 4.74 Å². The fourth-order valence-electron chi connectivity index (χ4n) is 3.87. The third-order valence-electron chi connectivity index (χ3n) is 5.43. The summed E-state index contributed by atoms with van der Waals surface area (Å²) < 4.78 is 45.7. The molecule has 30 heavy (non-hydrogen) atoms. The van der Waals surface area contributed by atoms with Crippen molar-refractivity contribution >= 4 is 22.9 Å². The van der Waals surface area contributed by atoms with E-state index in [1.54, 1.807) is 5.38 Å². The summed E-state index contributed by atoms with van der Waals surface area (Å²) in [5.41, 5.74) is 0.753. The van der Waals surface area contributed by atoms with Gasteiger partial charge in [0, 0.05) is 35.1 Å². The van der Waals surface area contributed by atoms with E-state index in [1.165, 1.54) is 17.4 Å². The molecule has 0 bridgehead atoms. The smallest absolute Gasteiger partial charge is 0.416 e. The van der Waals surface area contributed by atoms with Gasteiger partial charge >= 0.3 is 6.18 Å². The number of hydrogen-bond acceptors (Lipinski definition) is 5. The zero-order chi connectivity index (χ0) is 21.1. The zero-order valence-corrected chi connectivity index (χ0v) is 17.3. The quantitative estimate of drug-likeness (QED) is 0.711. The number of benzene rings is 1. The van der Waals surface area contributed by atoms with Crippen LogP contribution in [0.5, 0.6) is 5.75 Å². The highest BCUT2D eigenvalue weighted by Gasteiger charge is 2.32. The maximum Gasteiger partial charge on any atom is 0.416 e. The Balaban J connectivity index is 1.49. The van der Waals surface area contributed by atoms with Gasteiger partial charge in [0.1, 0.15) is 12.4 Å². The van der Waals surface area contributed by atoms with Crippen LogP contribution in [0.25, 0.3) is 0 Å². The van der Waals surface area contributed by atoms with Crippen LogP contribution in [0.1, 0.15) is 39.2 Å². The van der Waals surface area contributed by atoms with Crippen LogP contribution < -0.4 is 15.4 Å². The van der Waals surface area contributed by atoms with Gasteiger partial charge in [-0.05, 0) is 56.6 Å². The van der Waals surface area contributed by atoms with Crippen molar-refractivity contribution in [1.29, 1.82) is 0 Å². The van der Waals surface area contributed by atoms with Crippen LogP contribution in [0.15, 0.2) is 23.6 Å². The zero-order valence-electron chi connectivity index (χ0n) is 16.5. The largest absolute Gasteiger partial charge is 0.492 e. The molecule has 4 rings (SSSR count). The van der Waals surface area contributed by atoms with Gasteiger partial charge in [-0.2, -0.15) is 13.2 Å². The van der Waals surface area contributed by atoms with E-state index in [2.05, 4.69) is 15.5 Å². The molecule has 2 N–H and O–H groups in total. The highest BCUT2D eigenvalue weighted by atomic mass is 32.1. The first kappa shape index (κ1) is 21.1. The minimum Gasteiger partial charge on any atom is -0.492 e. The Kier molecular flexibility index (Phi) is 6.31. The Morgan fingerprint density at radius 1 is 1.23 bits per heavy atom. The second-order valence-corrected chi connectivity index (χ2v) is 8.54. The summed E-state index contributed by atoms with van der Waals surface area (Å²) in [5.74, 6) is -0.285. The van der Waals surface area contributed by atoms with E-state index >= 15 is 0 Å². The number of carbonyl (C=O) groups excluding carboxylic acids is 1. The predicted octanol–water partition coefficient (Wildman–Crippen LogP) is 4.14. The predicted molar refractivity (Wildman–Crippen MR) is 110 cm³/mol. The molecule has 2 aliphatic heterocycles. The van der Waals surface area contributed by atoms with E-state index < -0.39 is 17.6 Å². The molecule has 1 amide bonds. The number of amides is 1. The van der Waals surface area contributed by atoms with Crippen LogP contribution in [0.3, 0.4) is 0 Å². The van der Waals surface area contributed by atoms with Crippen molar-refractivity contribution in [2.24, 2.45) is 0 Å². The van der Waals surface area contributed by atoms with Crippen LogP contribution >= 0.6 is 11.3 Å². The number of rotatable bonds is 6. The summed E-state index contributed by atoms with van der Waals surface area (Å²) in [6.45, 7) is 4.46. The molecule has 0 unspecified atom stereocenters. The van der Waals surface area contributed by atoms with Crippen molar-refractivity contribution in [2.45, 2.75) is 32.0 Å². The second-order valence-electron chi connectivity index (χ2n) is 7.57. The molecule has 162 valence electrons. The topological polar surface area (TPSA) is 53.6 Å². The minimum absolute atomic E-state index is 0.0832. The summed E-state index contributed by atoms with van der Waals surface area (Å²) in [6.07, 6.45) is -1.51. The summed E-state index contributed by atoms with van der Waals surface area (Å²) in [7, 11) is 0. The molecule has 0 atom stereocenters. The number of fused-ring (bicyclic) bond motifs is 1. The van der Waals surface area contributed by atoms with E-state index in [1.807, 2.05) is 0 Å². The molecule has 5 nitrogen and oxygen atoms in total. The van der Waals surface area contributed by atoms with E-state index in [-0.39, 0.29) is 11.4 Å². The van der Waals surface area contributed by atoms with Gasteiger partial charge in [-0.15, -0.1) is 11.3 Å². The average Bonchev–Trinajstić information content (AvgIpc) is 3.37. The lowest BCUT2D eigenvalue weighted by Crippen LogP contribution is -2.25. The molecule has 1 fully saturated rings. The first-order valence-electron chi connectivity index (χ1n) is 10.1. The van der Waals surface area contributed by atoms with Crippen molar-refractivity contribution in [2.75, 3.05) is 38.1 Å². The lowest BCUT2D eigenvalue weighted by molar-refractivity contribution is -0.137. The van der Waals surface area contributed by atoms with Gasteiger partial charge in [0.2, 0.25) is 0 Å². The summed E-state index contributed by atoms with van der Waals surface area (Å²) in [6, 6.07) is 3.39. The Bertz CT molecular complexity index is 907. The highest BCUT2D eigenvalue weighted by Crippen LogP contribution is 2.35. The molecule has 1 saturated heterocycles. The van der Waals surface area contributed by atoms with Gasteiger partial charge in [0.25, 0.3) is 5.91 Å². The van der Waals surface area contributed by atoms with Gasteiger partial charge in [0.15, 0.2) is 0 Å². The standard InChI is InChI=1S/C21H24F3N3O2S/c22-21(23,24)14-9-15(11-16(10-14)29-8-7-27-5-1-2-6-27)26-20(28)18-13-30-19-12-25-4-3-17(18)19/h9-11,13,25H,1-8,12H2,(H,26,28). The minimum atomic E-state index is -4.53. The average molecular weight is 440 g/mol. The number of halogens is 3. The summed E-state index contributed by atoms with van der Waals surface area (Å²) >= 11 is 1.49. The summed E-state index contributed by atoms with van der Waals surface area (Å²) in [5, 5.41) is 7.66. The number of thiophene rings is 1. The fraction of sp³-hybridized carbons (Fsp3) is 0.476. The maximum absolute atomic E-state index is 13.4. The van der Waals surface area contributed by atoms with E-state index in [9.17, 15) is 18.0 Å². The third kappa shape index (κ3) is 4.96. The molecule has 2 aromatic rings. The molecule has 3 heterocycles. The van der Waals surface area contributed by atoms with Gasteiger partial charge in [0.05, 0.1) is 11.1 Å². The second kappa shape index (κ2) is 8.95. The van der Waals surface area contributed by atoms with Crippen LogP contribution in [-0.2, 0) is 19.1 Å². The Morgan fingerprint density at radius 3 is 2.80 bits per heavy atom. The summed E-state index contributed by atoms with van der Waals surface area (Å²) in [4.78, 5) is 16.1. The Hall–Kier alpha value is -2.10. The fourth-order valence-corrected chi connectivity index (χ4v) is 4.92. The van der Waals surface area contributed by atoms with Crippen molar-refractivity contribution in [3.05, 3.63) is 45.1 Å². The van der Waals surface area contributed by atoms with Gasteiger partial charge in [-0.3, -0.25) is 9.69 Å². The van der Waals surface area contributed by atoms with Crippen LogP contribution in [0, 0.1) is 0 Å². The SMILES string of the molecule is O=C(Nc1cc(OCCN2CCCC2)cc(C(F)(F)F)c1)c1csc2c1CCNC2. The normalized spacial score (nSPS) is 17.0. The number of nitrogens with zero attached hydrogens (tertiary/aromatic N) is 1. The lowest BCUT2D eigenvalue weighted by atomic mass is 10.0. The Labute approximate surface area is 177 Å². The number of hydrogen-bond donors (Lipinski definition) is 2. The number of carbonyl (C=O) groups is 1. The first-order chi connectivity index (χ1) is 14.4. The molecule has 1 aromatic heterocycles. The molecular weight excluding hydrogens is 415 g/mol. The van der Waals surface area contributed by atoms with Crippen molar-refractivity contribution in [1.82, 2.24) is 10.2 Å². The van der Waals surface area contributed by atoms with E-state index in [0.29, 0.717) is 25.3 Å². The van der Waals surface area contributed by atoms with E-state index in [0.717, 1.165) is 61.5 Å². The number of likely N-dealkylation sites (tertiary alicyclic amines) is 1. The molecule has 0 saturated carbocycles. The molecule has 0 radical (unpaired) electrons. The number of ether oxygens (including phenoxy) is 1. The van der Waals surface area contributed by atoms with Crippen molar-refractivity contribution < 1.29 is 22.7 Å². The molecule has 0 spiro atoms. The van der Waals surface area contributed by atoms with Crippen LogP contribution in [0.2, 0.25) is 0 Å². The maximum atomic E-state index is 13.4. The molecule has 2 aliphatic rings. The van der Waals surface area contributed by atoms with Crippen LogP contribution in [0.4, 0.5) is 18.9 Å². The van der Waals surface area contributed by atoms with Crippen molar-refractivity contribution in [3.63, 3.8) is 0 Å². The van der Waals surface area contributed by atoms with Gasteiger partial charge in [-0.25, -0.2) is 0 Å². The molecular formula is C21H24F3N3O2S. The van der Waals surface area contributed by atoms with Crippen LogP contribution in [-0.4, -0.2) is 43.6 Å². The highest BCUT2D eigenvalue weighted by molar-refractivity contribution is 7.10. The molecule has 0 aliphatic carbocycles. The first-order valence-corrected chi connectivity index (χ1v) is 11.0.